The van der Waals surface area contributed by atoms with Gasteiger partial charge in [-0.1, -0.05) is 12.1 Å². The number of nitriles is 1. The van der Waals surface area contributed by atoms with Gasteiger partial charge in [0.25, 0.3) is 0 Å². The summed E-state index contributed by atoms with van der Waals surface area (Å²) >= 11 is 0. The largest absolute Gasteiger partial charge is 0.497 e. The molecule has 0 atom stereocenters. The zero-order valence-corrected chi connectivity index (χ0v) is 8.99. The second kappa shape index (κ2) is 6.30. The van der Waals surface area contributed by atoms with E-state index in [0.717, 1.165) is 11.3 Å². The number of methoxy groups -OCH3 is 1. The molecular weight excluding hydrogens is 206 g/mol. The van der Waals surface area contributed by atoms with Crippen molar-refractivity contribution in [2.75, 3.05) is 13.7 Å². The lowest BCUT2D eigenvalue weighted by atomic mass is 10.2. The molecule has 0 saturated carbocycles. The van der Waals surface area contributed by atoms with Crippen molar-refractivity contribution in [3.05, 3.63) is 29.8 Å². The predicted octanol–water partition coefficient (Wildman–Crippen LogP) is 1.02. The number of rotatable bonds is 4. The molecule has 1 rings (SSSR count). The topological polar surface area (TPSA) is 74.2 Å². The van der Waals surface area contributed by atoms with E-state index in [1.54, 1.807) is 7.11 Å². The Hall–Kier alpha value is -2.22. The van der Waals surface area contributed by atoms with Crippen molar-refractivity contribution in [1.29, 1.82) is 5.26 Å². The molecule has 0 spiro atoms. The smallest absolute Gasteiger partial charge is 0.315 e. The average Bonchev–Trinajstić information content (AvgIpc) is 2.34. The van der Waals surface area contributed by atoms with Crippen LogP contribution >= 0.6 is 0 Å². The molecule has 16 heavy (non-hydrogen) atoms. The quantitative estimate of drug-likeness (QED) is 0.742. The van der Waals surface area contributed by atoms with E-state index in [2.05, 4.69) is 10.6 Å². The van der Waals surface area contributed by atoms with Gasteiger partial charge >= 0.3 is 6.03 Å². The number of carbonyl (C=O) groups excluding carboxylic acids is 1. The molecule has 0 aliphatic heterocycles. The van der Waals surface area contributed by atoms with E-state index in [1.165, 1.54) is 0 Å². The van der Waals surface area contributed by atoms with Crippen LogP contribution in [0.1, 0.15) is 5.56 Å². The predicted molar refractivity (Wildman–Crippen MR) is 58.8 cm³/mol. The molecule has 0 fully saturated rings. The third-order valence-corrected chi connectivity index (χ3v) is 1.94. The summed E-state index contributed by atoms with van der Waals surface area (Å²) in [5, 5.41) is 13.3. The highest BCUT2D eigenvalue weighted by atomic mass is 16.5. The van der Waals surface area contributed by atoms with Gasteiger partial charge in [-0.25, -0.2) is 4.79 Å². The Bertz CT molecular complexity index is 381. The molecule has 0 bridgehead atoms. The van der Waals surface area contributed by atoms with Gasteiger partial charge in [0.05, 0.1) is 13.2 Å². The van der Waals surface area contributed by atoms with Crippen molar-refractivity contribution in [1.82, 2.24) is 10.6 Å². The van der Waals surface area contributed by atoms with Crippen molar-refractivity contribution in [3.63, 3.8) is 0 Å². The lowest BCUT2D eigenvalue weighted by molar-refractivity contribution is 0.241. The second-order valence-corrected chi connectivity index (χ2v) is 3.04. The van der Waals surface area contributed by atoms with E-state index in [-0.39, 0.29) is 12.6 Å². The summed E-state index contributed by atoms with van der Waals surface area (Å²) in [4.78, 5) is 11.1. The van der Waals surface area contributed by atoms with Gasteiger partial charge in [0, 0.05) is 6.54 Å². The summed E-state index contributed by atoms with van der Waals surface area (Å²) in [5.74, 6) is 0.776. The van der Waals surface area contributed by atoms with Crippen LogP contribution in [0.2, 0.25) is 0 Å². The van der Waals surface area contributed by atoms with Crippen molar-refractivity contribution >= 4 is 6.03 Å². The van der Waals surface area contributed by atoms with E-state index in [9.17, 15) is 4.79 Å². The van der Waals surface area contributed by atoms with E-state index in [4.69, 9.17) is 10.00 Å². The number of ether oxygens (including phenoxy) is 1. The number of urea groups is 1. The van der Waals surface area contributed by atoms with Crippen molar-refractivity contribution in [3.8, 4) is 11.8 Å². The summed E-state index contributed by atoms with van der Waals surface area (Å²) in [6, 6.07) is 8.85. The minimum Gasteiger partial charge on any atom is -0.497 e. The fraction of sp³-hybridized carbons (Fsp3) is 0.273. The normalized spacial score (nSPS) is 9.00. The van der Waals surface area contributed by atoms with Crippen LogP contribution in [0.5, 0.6) is 5.75 Å². The molecule has 1 aromatic carbocycles. The van der Waals surface area contributed by atoms with Crippen LogP contribution in [0.4, 0.5) is 4.79 Å². The highest BCUT2D eigenvalue weighted by Gasteiger charge is 1.99. The lowest BCUT2D eigenvalue weighted by Gasteiger charge is -2.06. The summed E-state index contributed by atoms with van der Waals surface area (Å²) in [6.45, 7) is 0.426. The maximum absolute atomic E-state index is 11.1. The maximum Gasteiger partial charge on any atom is 0.315 e. The summed E-state index contributed by atoms with van der Waals surface area (Å²) < 4.78 is 5.01. The van der Waals surface area contributed by atoms with Gasteiger partial charge in [0.2, 0.25) is 0 Å². The van der Waals surface area contributed by atoms with Gasteiger partial charge in [-0.3, -0.25) is 0 Å². The number of hydrogen-bond donors (Lipinski definition) is 2. The number of nitrogens with one attached hydrogen (secondary N) is 2. The molecule has 0 heterocycles. The van der Waals surface area contributed by atoms with Crippen LogP contribution < -0.4 is 15.4 Å². The van der Waals surface area contributed by atoms with E-state index in [1.807, 2.05) is 30.3 Å². The zero-order valence-electron chi connectivity index (χ0n) is 8.99. The van der Waals surface area contributed by atoms with E-state index < -0.39 is 0 Å². The van der Waals surface area contributed by atoms with Crippen LogP contribution in [-0.4, -0.2) is 19.7 Å². The molecule has 0 aliphatic rings. The van der Waals surface area contributed by atoms with Gasteiger partial charge in [-0.2, -0.15) is 5.26 Å². The van der Waals surface area contributed by atoms with Gasteiger partial charge in [0.15, 0.2) is 0 Å². The van der Waals surface area contributed by atoms with Crippen molar-refractivity contribution in [2.24, 2.45) is 0 Å². The van der Waals surface area contributed by atoms with Crippen LogP contribution in [0, 0.1) is 11.3 Å². The Labute approximate surface area is 94.0 Å². The molecule has 0 aromatic heterocycles. The molecule has 84 valence electrons. The number of hydrogen-bond acceptors (Lipinski definition) is 3. The third-order valence-electron chi connectivity index (χ3n) is 1.94. The van der Waals surface area contributed by atoms with Gasteiger partial charge in [0.1, 0.15) is 12.3 Å². The van der Waals surface area contributed by atoms with Crippen molar-refractivity contribution in [2.45, 2.75) is 6.54 Å². The zero-order chi connectivity index (χ0) is 11.8. The van der Waals surface area contributed by atoms with Crippen LogP contribution in [0.3, 0.4) is 0 Å². The molecular formula is C11H13N3O2. The average molecular weight is 219 g/mol. The standard InChI is InChI=1S/C11H13N3O2/c1-16-10-4-2-9(3-5-10)8-14-11(15)13-7-6-12/h2-5H,7-8H2,1H3,(H2,13,14,15). The number of nitrogens with zero attached hydrogens (tertiary/aromatic N) is 1. The highest BCUT2D eigenvalue weighted by Crippen LogP contribution is 2.10. The Kier molecular flexibility index (Phi) is 4.67. The van der Waals surface area contributed by atoms with Gasteiger partial charge in [-0.05, 0) is 17.7 Å². The number of benzene rings is 1. The van der Waals surface area contributed by atoms with Gasteiger partial charge in [-0.15, -0.1) is 0 Å². The molecule has 2 N–H and O–H groups in total. The molecule has 5 heteroatoms. The number of amides is 2. The first kappa shape index (κ1) is 11.9. The summed E-state index contributed by atoms with van der Waals surface area (Å²) in [5.41, 5.74) is 0.966. The van der Waals surface area contributed by atoms with Crippen LogP contribution in [0.25, 0.3) is 0 Å². The monoisotopic (exact) mass is 219 g/mol. The Morgan fingerprint density at radius 3 is 2.62 bits per heavy atom. The summed E-state index contributed by atoms with van der Waals surface area (Å²) in [6.07, 6.45) is 0. The first-order valence-corrected chi connectivity index (χ1v) is 4.78. The first-order chi connectivity index (χ1) is 7.76. The molecule has 0 unspecified atom stereocenters. The lowest BCUT2D eigenvalue weighted by Crippen LogP contribution is -2.35. The molecule has 0 saturated heterocycles. The molecule has 0 radical (unpaired) electrons. The molecule has 5 nitrogen and oxygen atoms in total. The fourth-order valence-corrected chi connectivity index (χ4v) is 1.11. The van der Waals surface area contributed by atoms with E-state index in [0.29, 0.717) is 6.54 Å². The highest BCUT2D eigenvalue weighted by molar-refractivity contribution is 5.74. The molecule has 0 aliphatic carbocycles. The van der Waals surface area contributed by atoms with Gasteiger partial charge < -0.3 is 15.4 Å². The second-order valence-electron chi connectivity index (χ2n) is 3.04. The Morgan fingerprint density at radius 1 is 1.38 bits per heavy atom. The van der Waals surface area contributed by atoms with Crippen LogP contribution in [-0.2, 0) is 6.54 Å². The SMILES string of the molecule is COc1ccc(CNC(=O)NCC#N)cc1. The molecule has 1 aromatic rings. The minimum atomic E-state index is -0.350. The van der Waals surface area contributed by atoms with Crippen LogP contribution in [0.15, 0.2) is 24.3 Å². The summed E-state index contributed by atoms with van der Waals surface area (Å²) in [7, 11) is 1.60. The first-order valence-electron chi connectivity index (χ1n) is 4.78. The Balaban J connectivity index is 2.37. The van der Waals surface area contributed by atoms with Crippen molar-refractivity contribution < 1.29 is 9.53 Å². The third kappa shape index (κ3) is 3.88. The Morgan fingerprint density at radius 2 is 2.06 bits per heavy atom. The van der Waals surface area contributed by atoms with E-state index >= 15 is 0 Å². The fourth-order valence-electron chi connectivity index (χ4n) is 1.11. The number of carbonyl (C=O) groups is 1. The maximum atomic E-state index is 11.1. The minimum absolute atomic E-state index is 0.00838. The molecule has 2 amide bonds.